The molecule has 0 saturated carbocycles. The summed E-state index contributed by atoms with van der Waals surface area (Å²) in [6.45, 7) is 13.7. The van der Waals surface area contributed by atoms with Crippen LogP contribution in [0.25, 0.3) is 10.9 Å². The van der Waals surface area contributed by atoms with Crippen molar-refractivity contribution in [3.05, 3.63) is 172 Å². The van der Waals surface area contributed by atoms with Crippen molar-refractivity contribution in [2.75, 3.05) is 0 Å². The van der Waals surface area contributed by atoms with Crippen LogP contribution in [0.1, 0.15) is 67.1 Å². The first-order valence-electron chi connectivity index (χ1n) is 17.5. The Morgan fingerprint density at radius 3 is 1.75 bits per heavy atom. The molecule has 0 aliphatic heterocycles. The summed E-state index contributed by atoms with van der Waals surface area (Å²) in [5.41, 5.74) is 12.0. The first kappa shape index (κ1) is 36.1. The van der Waals surface area contributed by atoms with Crippen LogP contribution in [0.2, 0.25) is 23.2 Å². The molecule has 6 rings (SSSR count). The number of rotatable bonds is 11. The van der Waals surface area contributed by atoms with Gasteiger partial charge < -0.3 is 15.1 Å². The van der Waals surface area contributed by atoms with Crippen molar-refractivity contribution < 1.29 is 9.22 Å². The lowest BCUT2D eigenvalue weighted by atomic mass is 9.77. The van der Waals surface area contributed by atoms with E-state index in [4.69, 9.17) is 26.9 Å². The van der Waals surface area contributed by atoms with Gasteiger partial charge >= 0.3 is 6.03 Å². The Bertz CT molecular complexity index is 2000. The van der Waals surface area contributed by atoms with E-state index in [1.54, 1.807) is 4.90 Å². The predicted octanol–water partition coefficient (Wildman–Crippen LogP) is 10.7. The Morgan fingerprint density at radius 1 is 0.824 bits per heavy atom. The van der Waals surface area contributed by atoms with Crippen LogP contribution in [0.3, 0.4) is 0 Å². The minimum Gasteiger partial charge on any atom is -0.413 e. The number of aromatic nitrogens is 2. The molecule has 1 heterocycles. The fraction of sp³-hybridized carbons (Fsp3) is 0.256. The standard InChI is InChI=1S/C43H47ClN4O2Si/c1-31(32-19-11-7-12-20-32)47(41(45)49)29-37-38(30-50-51(5,6)42(2,3)4)36-28-46-48(40(36)27-39(37)44)43(33-21-13-8-14-22-33,34-23-15-9-16-24-34)35-25-17-10-18-26-35/h7-28,31H,29-30H2,1-6H3,(H2,45,49)/t31-/m1/s1. The third-order valence-electron chi connectivity index (χ3n) is 10.7. The van der Waals surface area contributed by atoms with Gasteiger partial charge in [0.05, 0.1) is 24.4 Å². The topological polar surface area (TPSA) is 73.4 Å². The summed E-state index contributed by atoms with van der Waals surface area (Å²) in [6, 6.07) is 42.5. The van der Waals surface area contributed by atoms with Crippen molar-refractivity contribution in [1.29, 1.82) is 0 Å². The van der Waals surface area contributed by atoms with Gasteiger partial charge in [-0.15, -0.1) is 0 Å². The number of nitrogens with two attached hydrogens (primary N) is 1. The number of benzene rings is 5. The molecular formula is C43H47ClN4O2Si. The van der Waals surface area contributed by atoms with Gasteiger partial charge in [0.25, 0.3) is 0 Å². The number of hydrogen-bond acceptors (Lipinski definition) is 3. The van der Waals surface area contributed by atoms with Crippen molar-refractivity contribution in [3.8, 4) is 0 Å². The average Bonchev–Trinajstić information content (AvgIpc) is 3.54. The number of carbonyl (C=O) groups is 1. The summed E-state index contributed by atoms with van der Waals surface area (Å²) in [5, 5.41) is 6.66. The van der Waals surface area contributed by atoms with E-state index in [-0.39, 0.29) is 17.6 Å². The SMILES string of the molecule is C[C@H](c1ccccc1)N(Cc1c(Cl)cc2c(cnn2C(c2ccccc2)(c2ccccc2)c2ccccc2)c1CO[Si](C)(C)C(C)(C)C)C(N)=O. The van der Waals surface area contributed by atoms with E-state index in [1.807, 2.05) is 67.7 Å². The number of halogens is 1. The summed E-state index contributed by atoms with van der Waals surface area (Å²) in [5.74, 6) is 0. The Morgan fingerprint density at radius 2 is 1.29 bits per heavy atom. The van der Waals surface area contributed by atoms with Crippen LogP contribution in [0.5, 0.6) is 0 Å². The summed E-state index contributed by atoms with van der Waals surface area (Å²) in [7, 11) is -2.21. The highest BCUT2D eigenvalue weighted by molar-refractivity contribution is 6.74. The van der Waals surface area contributed by atoms with Crippen LogP contribution >= 0.6 is 11.6 Å². The fourth-order valence-corrected chi connectivity index (χ4v) is 7.92. The van der Waals surface area contributed by atoms with Crippen molar-refractivity contribution in [2.45, 2.75) is 70.6 Å². The molecule has 6 nitrogen and oxygen atoms in total. The highest BCUT2D eigenvalue weighted by Crippen LogP contribution is 2.44. The molecular weight excluding hydrogens is 668 g/mol. The zero-order valence-corrected chi connectivity index (χ0v) is 32.1. The van der Waals surface area contributed by atoms with Gasteiger partial charge in [0.1, 0.15) is 5.54 Å². The molecule has 6 aromatic rings. The van der Waals surface area contributed by atoms with Gasteiger partial charge in [0, 0.05) is 17.0 Å². The molecule has 0 spiro atoms. The lowest BCUT2D eigenvalue weighted by molar-refractivity contribution is 0.184. The highest BCUT2D eigenvalue weighted by Gasteiger charge is 2.41. The Hall–Kier alpha value is -4.69. The number of carbonyl (C=O) groups excluding carboxylic acids is 1. The van der Waals surface area contributed by atoms with Gasteiger partial charge in [-0.25, -0.2) is 9.48 Å². The zero-order chi connectivity index (χ0) is 36.4. The second-order valence-electron chi connectivity index (χ2n) is 14.7. The molecule has 0 fully saturated rings. The van der Waals surface area contributed by atoms with E-state index in [0.717, 1.165) is 44.3 Å². The predicted molar refractivity (Wildman–Crippen MR) is 211 cm³/mol. The number of urea groups is 1. The molecule has 1 aromatic heterocycles. The molecule has 2 amide bonds. The van der Waals surface area contributed by atoms with E-state index >= 15 is 0 Å². The van der Waals surface area contributed by atoms with E-state index in [2.05, 4.69) is 111 Å². The second-order valence-corrected chi connectivity index (χ2v) is 19.9. The van der Waals surface area contributed by atoms with Crippen LogP contribution in [0.4, 0.5) is 4.79 Å². The van der Waals surface area contributed by atoms with Crippen LogP contribution in [-0.4, -0.2) is 29.0 Å². The first-order chi connectivity index (χ1) is 24.4. The molecule has 0 bridgehead atoms. The van der Waals surface area contributed by atoms with Gasteiger partial charge in [-0.1, -0.05) is 154 Å². The molecule has 262 valence electrons. The van der Waals surface area contributed by atoms with Crippen molar-refractivity contribution in [1.82, 2.24) is 14.7 Å². The molecule has 51 heavy (non-hydrogen) atoms. The number of amides is 2. The normalized spacial score (nSPS) is 12.9. The van der Waals surface area contributed by atoms with Crippen LogP contribution < -0.4 is 5.73 Å². The quantitative estimate of drug-likeness (QED) is 0.107. The van der Waals surface area contributed by atoms with Gasteiger partial charge in [-0.3, -0.25) is 0 Å². The third kappa shape index (κ3) is 6.86. The molecule has 0 saturated heterocycles. The van der Waals surface area contributed by atoms with Gasteiger partial charge in [-0.05, 0) is 64.5 Å². The van der Waals surface area contributed by atoms with E-state index in [0.29, 0.717) is 11.6 Å². The lowest BCUT2D eigenvalue weighted by Crippen LogP contribution is -2.41. The maximum absolute atomic E-state index is 13.1. The monoisotopic (exact) mass is 714 g/mol. The van der Waals surface area contributed by atoms with E-state index in [1.165, 1.54) is 0 Å². The Labute approximate surface area is 308 Å². The molecule has 0 aliphatic rings. The molecule has 5 aromatic carbocycles. The van der Waals surface area contributed by atoms with Crippen molar-refractivity contribution in [3.63, 3.8) is 0 Å². The first-order valence-corrected chi connectivity index (χ1v) is 20.7. The van der Waals surface area contributed by atoms with E-state index < -0.39 is 19.9 Å². The Kier molecular flexibility index (Phi) is 10.3. The summed E-state index contributed by atoms with van der Waals surface area (Å²) in [4.78, 5) is 14.8. The summed E-state index contributed by atoms with van der Waals surface area (Å²) < 4.78 is 9.03. The number of fused-ring (bicyclic) bond motifs is 1. The maximum atomic E-state index is 13.1. The molecule has 1 atom stereocenters. The molecule has 0 unspecified atom stereocenters. The van der Waals surface area contributed by atoms with Gasteiger partial charge in [0.15, 0.2) is 8.32 Å². The second kappa shape index (κ2) is 14.5. The number of nitrogens with zero attached hydrogens (tertiary/aromatic N) is 3. The van der Waals surface area contributed by atoms with Crippen LogP contribution in [-0.2, 0) is 23.1 Å². The lowest BCUT2D eigenvalue weighted by Gasteiger charge is -2.37. The zero-order valence-electron chi connectivity index (χ0n) is 30.3. The Balaban J connectivity index is 1.62. The van der Waals surface area contributed by atoms with Gasteiger partial charge in [0.2, 0.25) is 0 Å². The average molecular weight is 715 g/mol. The number of primary amides is 1. The maximum Gasteiger partial charge on any atom is 0.315 e. The van der Waals surface area contributed by atoms with Crippen molar-refractivity contribution >= 4 is 36.9 Å². The van der Waals surface area contributed by atoms with Crippen molar-refractivity contribution in [2.24, 2.45) is 5.73 Å². The van der Waals surface area contributed by atoms with E-state index in [9.17, 15) is 4.79 Å². The number of hydrogen-bond donors (Lipinski definition) is 1. The van der Waals surface area contributed by atoms with Gasteiger partial charge in [-0.2, -0.15) is 5.10 Å². The van der Waals surface area contributed by atoms with Crippen LogP contribution in [0, 0.1) is 0 Å². The minimum atomic E-state index is -2.21. The largest absolute Gasteiger partial charge is 0.413 e. The fourth-order valence-electron chi connectivity index (χ4n) is 6.71. The molecule has 0 radical (unpaired) electrons. The summed E-state index contributed by atoms with van der Waals surface area (Å²) in [6.07, 6.45) is 1.93. The smallest absolute Gasteiger partial charge is 0.315 e. The molecule has 2 N–H and O–H groups in total. The molecule has 8 heteroatoms. The third-order valence-corrected chi connectivity index (χ3v) is 15.5. The molecule has 0 aliphatic carbocycles. The van der Waals surface area contributed by atoms with Crippen LogP contribution in [0.15, 0.2) is 134 Å². The minimum absolute atomic E-state index is 0.0147. The summed E-state index contributed by atoms with van der Waals surface area (Å²) >= 11 is 7.40. The highest BCUT2D eigenvalue weighted by atomic mass is 35.5.